The standard InChI is InChI=1S/C16H30N2O7/c1-15(2,3)24-13(21)17-18(14(22)25-16(4,5)6)11(12(19)20)9-8-10-23-7/h11H,8-10H2,1-7H3,(H,17,21)(H,19,20)/t11-/m0/s1. The average Bonchev–Trinajstić information content (AvgIpc) is 2.37. The molecule has 0 aliphatic carbocycles. The van der Waals surface area contributed by atoms with Gasteiger partial charge >= 0.3 is 18.2 Å². The van der Waals surface area contributed by atoms with E-state index in [1.165, 1.54) is 7.11 Å². The maximum absolute atomic E-state index is 12.4. The Morgan fingerprint density at radius 2 is 1.56 bits per heavy atom. The minimum absolute atomic E-state index is 0.0677. The Morgan fingerprint density at radius 3 is 1.96 bits per heavy atom. The van der Waals surface area contributed by atoms with Gasteiger partial charge in [0.15, 0.2) is 6.04 Å². The van der Waals surface area contributed by atoms with Gasteiger partial charge in [0.2, 0.25) is 0 Å². The van der Waals surface area contributed by atoms with Crippen molar-refractivity contribution < 1.29 is 33.7 Å². The molecule has 0 saturated heterocycles. The summed E-state index contributed by atoms with van der Waals surface area (Å²) in [5.41, 5.74) is 0.513. The number of methoxy groups -OCH3 is 1. The smallest absolute Gasteiger partial charge is 0.430 e. The van der Waals surface area contributed by atoms with Crippen molar-refractivity contribution in [1.82, 2.24) is 10.4 Å². The van der Waals surface area contributed by atoms with Crippen LogP contribution in [0, 0.1) is 0 Å². The van der Waals surface area contributed by atoms with Gasteiger partial charge in [0, 0.05) is 13.7 Å². The van der Waals surface area contributed by atoms with Crippen LogP contribution >= 0.6 is 0 Å². The zero-order valence-corrected chi connectivity index (χ0v) is 16.0. The van der Waals surface area contributed by atoms with Crippen LogP contribution in [-0.4, -0.2) is 59.2 Å². The number of nitrogens with zero attached hydrogens (tertiary/aromatic N) is 1. The summed E-state index contributed by atoms with van der Waals surface area (Å²) in [4.78, 5) is 36.0. The number of carbonyl (C=O) groups excluding carboxylic acids is 2. The normalized spacial score (nSPS) is 12.9. The first-order chi connectivity index (χ1) is 11.3. The first-order valence-corrected chi connectivity index (χ1v) is 8.00. The number of aliphatic carboxylic acids is 1. The molecule has 0 radical (unpaired) electrons. The second-order valence-electron chi connectivity index (χ2n) is 7.45. The van der Waals surface area contributed by atoms with E-state index >= 15 is 0 Å². The van der Waals surface area contributed by atoms with Crippen molar-refractivity contribution >= 4 is 18.2 Å². The molecule has 9 nitrogen and oxygen atoms in total. The van der Waals surface area contributed by atoms with E-state index in [1.54, 1.807) is 41.5 Å². The molecule has 0 aromatic rings. The topological polar surface area (TPSA) is 114 Å². The Hall–Kier alpha value is -2.03. The Morgan fingerprint density at radius 1 is 1.04 bits per heavy atom. The first kappa shape index (κ1) is 23.0. The summed E-state index contributed by atoms with van der Waals surface area (Å²) in [6.07, 6.45) is -1.49. The van der Waals surface area contributed by atoms with Crippen LogP contribution in [0.4, 0.5) is 9.59 Å². The van der Waals surface area contributed by atoms with Crippen LogP contribution in [0.3, 0.4) is 0 Å². The van der Waals surface area contributed by atoms with Crippen LogP contribution in [0.2, 0.25) is 0 Å². The number of ether oxygens (including phenoxy) is 3. The lowest BCUT2D eigenvalue weighted by Crippen LogP contribution is -2.56. The van der Waals surface area contributed by atoms with Crippen molar-refractivity contribution in [3.05, 3.63) is 0 Å². The van der Waals surface area contributed by atoms with Crippen molar-refractivity contribution in [2.75, 3.05) is 13.7 Å². The van der Waals surface area contributed by atoms with Crippen molar-refractivity contribution in [1.29, 1.82) is 0 Å². The predicted octanol–water partition coefficient (Wildman–Crippen LogP) is 2.54. The van der Waals surface area contributed by atoms with Gasteiger partial charge in [-0.05, 0) is 54.4 Å². The summed E-state index contributed by atoms with van der Waals surface area (Å²) in [6, 6.07) is -1.32. The fraction of sp³-hybridized carbons (Fsp3) is 0.812. The Bertz CT molecular complexity index is 466. The maximum Gasteiger partial charge on any atom is 0.430 e. The number of amides is 2. The minimum Gasteiger partial charge on any atom is -0.480 e. The molecule has 0 aliphatic heterocycles. The van der Waals surface area contributed by atoms with Crippen molar-refractivity contribution in [2.45, 2.75) is 71.6 Å². The van der Waals surface area contributed by atoms with E-state index < -0.39 is 35.4 Å². The molecule has 9 heteroatoms. The van der Waals surface area contributed by atoms with Crippen LogP contribution < -0.4 is 5.43 Å². The van der Waals surface area contributed by atoms with Gasteiger partial charge in [0.25, 0.3) is 0 Å². The highest BCUT2D eigenvalue weighted by molar-refractivity contribution is 5.82. The molecule has 1 atom stereocenters. The third kappa shape index (κ3) is 10.4. The highest BCUT2D eigenvalue weighted by Crippen LogP contribution is 2.15. The van der Waals surface area contributed by atoms with E-state index in [-0.39, 0.29) is 6.42 Å². The molecular weight excluding hydrogens is 332 g/mol. The van der Waals surface area contributed by atoms with Crippen molar-refractivity contribution in [3.8, 4) is 0 Å². The van der Waals surface area contributed by atoms with Crippen LogP contribution in [0.5, 0.6) is 0 Å². The lowest BCUT2D eigenvalue weighted by molar-refractivity contribution is -0.144. The summed E-state index contributed by atoms with van der Waals surface area (Å²) >= 11 is 0. The molecular formula is C16H30N2O7. The number of hydrogen-bond acceptors (Lipinski definition) is 6. The third-order valence-electron chi connectivity index (χ3n) is 2.62. The molecule has 2 amide bonds. The lowest BCUT2D eigenvalue weighted by Gasteiger charge is -2.32. The van der Waals surface area contributed by atoms with E-state index in [0.29, 0.717) is 18.0 Å². The molecule has 0 rings (SSSR count). The second kappa shape index (κ2) is 9.45. The summed E-state index contributed by atoms with van der Waals surface area (Å²) in [7, 11) is 1.49. The van der Waals surface area contributed by atoms with E-state index in [9.17, 15) is 19.5 Å². The molecule has 0 spiro atoms. The number of carboxylic acid groups (broad SMARTS) is 1. The van der Waals surface area contributed by atoms with Crippen LogP contribution in [0.15, 0.2) is 0 Å². The molecule has 0 heterocycles. The van der Waals surface area contributed by atoms with Crippen LogP contribution in [-0.2, 0) is 19.0 Å². The molecule has 0 aliphatic rings. The predicted molar refractivity (Wildman–Crippen MR) is 90.0 cm³/mol. The third-order valence-corrected chi connectivity index (χ3v) is 2.62. The molecule has 25 heavy (non-hydrogen) atoms. The Kier molecular flexibility index (Phi) is 8.68. The number of rotatable bonds is 6. The quantitative estimate of drug-likeness (QED) is 0.551. The zero-order valence-electron chi connectivity index (χ0n) is 16.0. The molecule has 2 N–H and O–H groups in total. The number of carboxylic acids is 1. The van der Waals surface area contributed by atoms with E-state index in [1.807, 2.05) is 0 Å². The van der Waals surface area contributed by atoms with Gasteiger partial charge in [-0.1, -0.05) is 0 Å². The molecule has 0 unspecified atom stereocenters. The van der Waals surface area contributed by atoms with Gasteiger partial charge in [0.05, 0.1) is 0 Å². The van der Waals surface area contributed by atoms with Gasteiger partial charge in [-0.25, -0.2) is 24.8 Å². The Balaban J connectivity index is 5.35. The fourth-order valence-corrected chi connectivity index (χ4v) is 1.75. The summed E-state index contributed by atoms with van der Waals surface area (Å²) in [5, 5.41) is 10.1. The summed E-state index contributed by atoms with van der Waals surface area (Å²) in [6.45, 7) is 10.2. The van der Waals surface area contributed by atoms with Gasteiger partial charge in [-0.15, -0.1) is 0 Å². The van der Waals surface area contributed by atoms with Gasteiger partial charge in [0.1, 0.15) is 11.2 Å². The van der Waals surface area contributed by atoms with Gasteiger partial charge in [-0.2, -0.15) is 0 Å². The number of nitrogens with one attached hydrogen (secondary N) is 1. The highest BCUT2D eigenvalue weighted by Gasteiger charge is 2.35. The average molecular weight is 362 g/mol. The fourth-order valence-electron chi connectivity index (χ4n) is 1.75. The lowest BCUT2D eigenvalue weighted by atomic mass is 10.1. The summed E-state index contributed by atoms with van der Waals surface area (Å²) in [5.74, 6) is -1.28. The Labute approximate surface area is 148 Å². The largest absolute Gasteiger partial charge is 0.480 e. The van der Waals surface area contributed by atoms with Crippen molar-refractivity contribution in [3.63, 3.8) is 0 Å². The second-order valence-corrected chi connectivity index (χ2v) is 7.45. The zero-order chi connectivity index (χ0) is 19.8. The maximum atomic E-state index is 12.4. The van der Waals surface area contributed by atoms with E-state index in [4.69, 9.17) is 14.2 Å². The SMILES string of the molecule is COCCC[C@@H](C(=O)O)N(NC(=O)OC(C)(C)C)C(=O)OC(C)(C)C. The van der Waals surface area contributed by atoms with Gasteiger partial charge < -0.3 is 19.3 Å². The molecule has 0 saturated carbocycles. The van der Waals surface area contributed by atoms with Crippen LogP contribution in [0.25, 0.3) is 0 Å². The van der Waals surface area contributed by atoms with Crippen LogP contribution in [0.1, 0.15) is 54.4 Å². The first-order valence-electron chi connectivity index (χ1n) is 8.00. The van der Waals surface area contributed by atoms with E-state index in [0.717, 1.165) is 0 Å². The summed E-state index contributed by atoms with van der Waals surface area (Å²) < 4.78 is 15.2. The monoisotopic (exact) mass is 362 g/mol. The highest BCUT2D eigenvalue weighted by atomic mass is 16.6. The molecule has 146 valence electrons. The molecule has 0 bridgehead atoms. The van der Waals surface area contributed by atoms with Gasteiger partial charge in [-0.3, -0.25) is 0 Å². The van der Waals surface area contributed by atoms with E-state index in [2.05, 4.69) is 5.43 Å². The van der Waals surface area contributed by atoms with Crippen molar-refractivity contribution in [2.24, 2.45) is 0 Å². The minimum atomic E-state index is -1.32. The number of hydrazine groups is 1. The molecule has 0 aromatic carbocycles. The number of carbonyl (C=O) groups is 3. The molecule has 0 aromatic heterocycles. The number of hydrogen-bond donors (Lipinski definition) is 2. The molecule has 0 fully saturated rings.